The van der Waals surface area contributed by atoms with Gasteiger partial charge in [-0.1, -0.05) is 29.3 Å². The van der Waals surface area contributed by atoms with Gasteiger partial charge in [-0.05, 0) is 17.7 Å². The standard InChI is InChI=1S/C12H12Cl2N2O/c1-16-5-4-15-12(16)7-11(17)9-3-2-8(13)6-10(9)14/h2-6,11,17H,7H2,1H3/t11-/m1/s1. The SMILES string of the molecule is Cn1ccnc1C[C@@H](O)c1ccc(Cl)cc1Cl. The third kappa shape index (κ3) is 2.80. The summed E-state index contributed by atoms with van der Waals surface area (Å²) in [5.41, 5.74) is 0.666. The molecule has 17 heavy (non-hydrogen) atoms. The molecule has 0 saturated carbocycles. The molecule has 0 fully saturated rings. The molecule has 1 aromatic heterocycles. The van der Waals surface area contributed by atoms with E-state index in [9.17, 15) is 5.11 Å². The number of aliphatic hydroxyl groups excluding tert-OH is 1. The maximum Gasteiger partial charge on any atom is 0.111 e. The van der Waals surface area contributed by atoms with Crippen LogP contribution in [0.1, 0.15) is 17.5 Å². The number of hydrogen-bond acceptors (Lipinski definition) is 2. The minimum Gasteiger partial charge on any atom is -0.388 e. The summed E-state index contributed by atoms with van der Waals surface area (Å²) in [5.74, 6) is 0.809. The molecule has 0 aliphatic heterocycles. The van der Waals surface area contributed by atoms with Crippen molar-refractivity contribution in [3.8, 4) is 0 Å². The van der Waals surface area contributed by atoms with E-state index in [-0.39, 0.29) is 0 Å². The molecule has 0 aliphatic carbocycles. The number of benzene rings is 1. The summed E-state index contributed by atoms with van der Waals surface area (Å²) in [6.07, 6.45) is 3.28. The molecule has 90 valence electrons. The molecule has 1 N–H and O–H groups in total. The van der Waals surface area contributed by atoms with E-state index in [4.69, 9.17) is 23.2 Å². The topological polar surface area (TPSA) is 38.0 Å². The van der Waals surface area contributed by atoms with E-state index in [1.807, 2.05) is 17.8 Å². The maximum absolute atomic E-state index is 10.1. The monoisotopic (exact) mass is 270 g/mol. The lowest BCUT2D eigenvalue weighted by Gasteiger charge is -2.12. The van der Waals surface area contributed by atoms with Crippen LogP contribution in [0.4, 0.5) is 0 Å². The average Bonchev–Trinajstić information content (AvgIpc) is 2.64. The fourth-order valence-corrected chi connectivity index (χ4v) is 2.18. The Morgan fingerprint density at radius 1 is 1.41 bits per heavy atom. The van der Waals surface area contributed by atoms with E-state index in [2.05, 4.69) is 4.98 Å². The molecule has 0 amide bonds. The summed E-state index contributed by atoms with van der Waals surface area (Å²) < 4.78 is 1.87. The lowest BCUT2D eigenvalue weighted by molar-refractivity contribution is 0.175. The van der Waals surface area contributed by atoms with Gasteiger partial charge in [0.1, 0.15) is 5.82 Å². The fraction of sp³-hybridized carbons (Fsp3) is 0.250. The van der Waals surface area contributed by atoms with Crippen LogP contribution in [0.2, 0.25) is 10.0 Å². The second-order valence-electron chi connectivity index (χ2n) is 3.84. The van der Waals surface area contributed by atoms with Gasteiger partial charge in [-0.2, -0.15) is 0 Å². The minimum absolute atomic E-state index is 0.421. The van der Waals surface area contributed by atoms with Crippen molar-refractivity contribution in [3.05, 3.63) is 52.0 Å². The number of rotatable bonds is 3. The molecular formula is C12H12Cl2N2O. The van der Waals surface area contributed by atoms with Crippen molar-refractivity contribution in [1.29, 1.82) is 0 Å². The van der Waals surface area contributed by atoms with Gasteiger partial charge in [0.05, 0.1) is 6.10 Å². The van der Waals surface area contributed by atoms with E-state index in [0.29, 0.717) is 22.0 Å². The summed E-state index contributed by atoms with van der Waals surface area (Å²) in [6.45, 7) is 0. The first-order valence-electron chi connectivity index (χ1n) is 5.17. The van der Waals surface area contributed by atoms with Crippen molar-refractivity contribution in [2.24, 2.45) is 7.05 Å². The predicted molar refractivity (Wildman–Crippen MR) is 68.3 cm³/mol. The Hall–Kier alpha value is -1.03. The Morgan fingerprint density at radius 3 is 2.76 bits per heavy atom. The van der Waals surface area contributed by atoms with Crippen molar-refractivity contribution in [2.75, 3.05) is 0 Å². The minimum atomic E-state index is -0.680. The van der Waals surface area contributed by atoms with Crippen molar-refractivity contribution in [2.45, 2.75) is 12.5 Å². The number of hydrogen-bond donors (Lipinski definition) is 1. The summed E-state index contributed by atoms with van der Waals surface area (Å²) in [4.78, 5) is 4.16. The lowest BCUT2D eigenvalue weighted by atomic mass is 10.1. The van der Waals surface area contributed by atoms with E-state index in [1.165, 1.54) is 0 Å². The smallest absolute Gasteiger partial charge is 0.111 e. The van der Waals surface area contributed by atoms with Crippen LogP contribution < -0.4 is 0 Å². The maximum atomic E-state index is 10.1. The highest BCUT2D eigenvalue weighted by atomic mass is 35.5. The van der Waals surface area contributed by atoms with Gasteiger partial charge in [0.15, 0.2) is 0 Å². The molecule has 2 aromatic rings. The zero-order valence-electron chi connectivity index (χ0n) is 9.27. The van der Waals surface area contributed by atoms with Crippen LogP contribution >= 0.6 is 23.2 Å². The first-order valence-corrected chi connectivity index (χ1v) is 5.92. The van der Waals surface area contributed by atoms with Crippen LogP contribution in [-0.4, -0.2) is 14.7 Å². The molecule has 2 rings (SSSR count). The normalized spacial score (nSPS) is 12.7. The average molecular weight is 271 g/mol. The summed E-state index contributed by atoms with van der Waals surface area (Å²) in [7, 11) is 1.89. The highest BCUT2D eigenvalue weighted by Crippen LogP contribution is 2.27. The summed E-state index contributed by atoms with van der Waals surface area (Å²) in [5, 5.41) is 11.1. The largest absolute Gasteiger partial charge is 0.388 e. The van der Waals surface area contributed by atoms with E-state index >= 15 is 0 Å². The Labute approximate surface area is 110 Å². The number of aryl methyl sites for hydroxylation is 1. The number of imidazole rings is 1. The third-order valence-electron chi connectivity index (χ3n) is 2.62. The number of aromatic nitrogens is 2. The fourth-order valence-electron chi connectivity index (χ4n) is 1.65. The quantitative estimate of drug-likeness (QED) is 0.931. The van der Waals surface area contributed by atoms with Gasteiger partial charge in [-0.15, -0.1) is 0 Å². The van der Waals surface area contributed by atoms with Gasteiger partial charge in [-0.25, -0.2) is 4.98 Å². The Morgan fingerprint density at radius 2 is 2.18 bits per heavy atom. The Bertz CT molecular complexity index is 525. The highest BCUT2D eigenvalue weighted by molar-refractivity contribution is 6.35. The van der Waals surface area contributed by atoms with Gasteiger partial charge >= 0.3 is 0 Å². The van der Waals surface area contributed by atoms with Crippen LogP contribution in [0.15, 0.2) is 30.6 Å². The molecule has 1 aromatic carbocycles. The Balaban J connectivity index is 2.20. The van der Waals surface area contributed by atoms with Crippen molar-refractivity contribution >= 4 is 23.2 Å². The molecule has 0 unspecified atom stereocenters. The highest BCUT2D eigenvalue weighted by Gasteiger charge is 2.14. The zero-order valence-corrected chi connectivity index (χ0v) is 10.8. The van der Waals surface area contributed by atoms with Crippen molar-refractivity contribution < 1.29 is 5.11 Å². The van der Waals surface area contributed by atoms with Crippen LogP contribution in [0.25, 0.3) is 0 Å². The van der Waals surface area contributed by atoms with Crippen LogP contribution in [0.5, 0.6) is 0 Å². The van der Waals surface area contributed by atoms with E-state index < -0.39 is 6.10 Å². The molecule has 0 bridgehead atoms. The van der Waals surface area contributed by atoms with Crippen molar-refractivity contribution in [3.63, 3.8) is 0 Å². The zero-order chi connectivity index (χ0) is 12.4. The molecular weight excluding hydrogens is 259 g/mol. The van der Waals surface area contributed by atoms with Crippen LogP contribution in [-0.2, 0) is 13.5 Å². The second-order valence-corrected chi connectivity index (χ2v) is 4.68. The molecule has 5 heteroatoms. The third-order valence-corrected chi connectivity index (χ3v) is 3.18. The molecule has 0 spiro atoms. The van der Waals surface area contributed by atoms with Gasteiger partial charge in [0, 0.05) is 35.9 Å². The van der Waals surface area contributed by atoms with Gasteiger partial charge < -0.3 is 9.67 Å². The van der Waals surface area contributed by atoms with E-state index in [1.54, 1.807) is 24.4 Å². The number of nitrogens with zero attached hydrogens (tertiary/aromatic N) is 2. The van der Waals surface area contributed by atoms with Gasteiger partial charge in [-0.3, -0.25) is 0 Å². The van der Waals surface area contributed by atoms with Crippen LogP contribution in [0, 0.1) is 0 Å². The molecule has 0 saturated heterocycles. The summed E-state index contributed by atoms with van der Waals surface area (Å²) in [6, 6.07) is 5.07. The van der Waals surface area contributed by atoms with Gasteiger partial charge in [0.25, 0.3) is 0 Å². The molecule has 0 aliphatic rings. The van der Waals surface area contributed by atoms with Crippen LogP contribution in [0.3, 0.4) is 0 Å². The Kier molecular flexibility index (Phi) is 3.72. The van der Waals surface area contributed by atoms with E-state index in [0.717, 1.165) is 5.82 Å². The second kappa shape index (κ2) is 5.08. The number of halogens is 2. The summed E-state index contributed by atoms with van der Waals surface area (Å²) >= 11 is 11.8. The van der Waals surface area contributed by atoms with Gasteiger partial charge in [0.2, 0.25) is 0 Å². The number of aliphatic hydroxyl groups is 1. The first kappa shape index (κ1) is 12.4. The van der Waals surface area contributed by atoms with Crippen molar-refractivity contribution in [1.82, 2.24) is 9.55 Å². The molecule has 1 heterocycles. The predicted octanol–water partition coefficient (Wildman–Crippen LogP) is 3.00. The molecule has 1 atom stereocenters. The molecule has 0 radical (unpaired) electrons. The first-order chi connectivity index (χ1) is 8.08. The molecule has 3 nitrogen and oxygen atoms in total. The lowest BCUT2D eigenvalue weighted by Crippen LogP contribution is -2.07.